The van der Waals surface area contributed by atoms with Crippen LogP contribution in [0.1, 0.15) is 5.56 Å². The van der Waals surface area contributed by atoms with Crippen LogP contribution in [0.5, 0.6) is 11.5 Å². The number of halogens is 1. The predicted octanol–water partition coefficient (Wildman–Crippen LogP) is 3.15. The smallest absolute Gasteiger partial charge is 0.160 e. The Bertz CT molecular complexity index is 334. The topological polar surface area (TPSA) is 18.5 Å². The highest BCUT2D eigenvalue weighted by Gasteiger charge is 2.04. The van der Waals surface area contributed by atoms with Crippen LogP contribution in [0.3, 0.4) is 0 Å². The molecule has 0 heterocycles. The van der Waals surface area contributed by atoms with Gasteiger partial charge in [-0.1, -0.05) is 28.6 Å². The lowest BCUT2D eigenvalue weighted by Crippen LogP contribution is -1.92. The van der Waals surface area contributed by atoms with Crippen LogP contribution < -0.4 is 9.47 Å². The summed E-state index contributed by atoms with van der Waals surface area (Å²) in [5.74, 6) is 1.50. The molecule has 1 aromatic rings. The third-order valence-corrected chi connectivity index (χ3v) is 2.12. The molecule has 2 nitrogen and oxygen atoms in total. The number of rotatable bonds is 4. The van der Waals surface area contributed by atoms with E-state index in [1.165, 1.54) is 0 Å². The van der Waals surface area contributed by atoms with E-state index in [0.29, 0.717) is 0 Å². The van der Waals surface area contributed by atoms with Crippen LogP contribution in [0.25, 0.3) is 0 Å². The van der Waals surface area contributed by atoms with Crippen molar-refractivity contribution in [2.75, 3.05) is 14.2 Å². The van der Waals surface area contributed by atoms with Crippen LogP contribution in [0.15, 0.2) is 29.3 Å². The van der Waals surface area contributed by atoms with Crippen LogP contribution in [0.4, 0.5) is 0 Å². The molecule has 0 unspecified atom stereocenters. The molecule has 0 aliphatic carbocycles. The van der Waals surface area contributed by atoms with Crippen molar-refractivity contribution in [3.63, 3.8) is 0 Å². The molecule has 0 amide bonds. The summed E-state index contributed by atoms with van der Waals surface area (Å²) in [6.07, 6.45) is 0.792. The maximum Gasteiger partial charge on any atom is 0.160 e. The number of allylic oxidation sites excluding steroid dienone is 1. The van der Waals surface area contributed by atoms with E-state index in [2.05, 4.69) is 22.5 Å². The Morgan fingerprint density at radius 3 is 2.43 bits per heavy atom. The number of hydrogen-bond acceptors (Lipinski definition) is 2. The van der Waals surface area contributed by atoms with E-state index in [1.54, 1.807) is 14.2 Å². The molecule has 0 fully saturated rings. The first-order valence-corrected chi connectivity index (χ1v) is 5.01. The van der Waals surface area contributed by atoms with Crippen LogP contribution in [0, 0.1) is 0 Å². The second-order valence-corrected chi connectivity index (χ2v) is 4.00. The molecule has 0 atom stereocenters. The first-order chi connectivity index (χ1) is 6.67. The van der Waals surface area contributed by atoms with Gasteiger partial charge >= 0.3 is 0 Å². The summed E-state index contributed by atoms with van der Waals surface area (Å²) in [4.78, 5) is 0. The molecule has 0 bridgehead atoms. The average Bonchev–Trinajstić information content (AvgIpc) is 2.16. The van der Waals surface area contributed by atoms with E-state index >= 15 is 0 Å². The third-order valence-electron chi connectivity index (χ3n) is 1.84. The summed E-state index contributed by atoms with van der Waals surface area (Å²) in [6.45, 7) is 3.79. The van der Waals surface area contributed by atoms with Gasteiger partial charge in [-0.15, -0.1) is 0 Å². The zero-order valence-corrected chi connectivity index (χ0v) is 9.93. The lowest BCUT2D eigenvalue weighted by atomic mass is 10.1. The van der Waals surface area contributed by atoms with Gasteiger partial charge in [-0.05, 0) is 22.2 Å². The van der Waals surface area contributed by atoms with Gasteiger partial charge in [0.15, 0.2) is 11.5 Å². The largest absolute Gasteiger partial charge is 0.493 e. The molecule has 0 radical (unpaired) electrons. The highest BCUT2D eigenvalue weighted by Crippen LogP contribution is 2.28. The molecule has 0 aromatic heterocycles. The molecular formula is C11H13BrO2. The highest BCUT2D eigenvalue weighted by molar-refractivity contribution is 9.11. The highest BCUT2D eigenvalue weighted by atomic mass is 79.9. The van der Waals surface area contributed by atoms with Gasteiger partial charge < -0.3 is 9.47 Å². The SMILES string of the molecule is C=C(Br)Cc1ccc(OC)c(OC)c1. The van der Waals surface area contributed by atoms with Crippen LogP contribution in [0.2, 0.25) is 0 Å². The molecule has 1 aromatic carbocycles. The minimum absolute atomic E-state index is 0.747. The van der Waals surface area contributed by atoms with Crippen molar-refractivity contribution < 1.29 is 9.47 Å². The van der Waals surface area contributed by atoms with E-state index in [0.717, 1.165) is 28.0 Å². The molecular weight excluding hydrogens is 244 g/mol. The Kier molecular flexibility index (Phi) is 4.01. The number of hydrogen-bond donors (Lipinski definition) is 0. The summed E-state index contributed by atoms with van der Waals surface area (Å²) >= 11 is 3.33. The normalized spacial score (nSPS) is 9.64. The van der Waals surface area contributed by atoms with Gasteiger partial charge in [-0.3, -0.25) is 0 Å². The molecule has 0 aliphatic heterocycles. The minimum Gasteiger partial charge on any atom is -0.493 e. The summed E-state index contributed by atoms with van der Waals surface area (Å²) < 4.78 is 11.3. The van der Waals surface area contributed by atoms with Gasteiger partial charge in [0.1, 0.15) is 0 Å². The van der Waals surface area contributed by atoms with Crippen molar-refractivity contribution in [2.24, 2.45) is 0 Å². The maximum atomic E-state index is 5.19. The number of methoxy groups -OCH3 is 2. The van der Waals surface area contributed by atoms with Crippen molar-refractivity contribution in [3.8, 4) is 11.5 Å². The van der Waals surface area contributed by atoms with Gasteiger partial charge in [0.2, 0.25) is 0 Å². The Labute approximate surface area is 92.7 Å². The zero-order chi connectivity index (χ0) is 10.6. The Morgan fingerprint density at radius 2 is 1.93 bits per heavy atom. The minimum atomic E-state index is 0.747. The third kappa shape index (κ3) is 2.77. The standard InChI is InChI=1S/C11H13BrO2/c1-8(12)6-9-4-5-10(13-2)11(7-9)14-3/h4-5,7H,1,6H2,2-3H3. The first kappa shape index (κ1) is 11.1. The van der Waals surface area contributed by atoms with Gasteiger partial charge in [-0.2, -0.15) is 0 Å². The van der Waals surface area contributed by atoms with Crippen molar-refractivity contribution in [2.45, 2.75) is 6.42 Å². The fraction of sp³-hybridized carbons (Fsp3) is 0.273. The number of ether oxygens (including phenoxy) is 2. The summed E-state index contributed by atoms with van der Waals surface area (Å²) in [5, 5.41) is 0. The van der Waals surface area contributed by atoms with Crippen molar-refractivity contribution in [3.05, 3.63) is 34.8 Å². The Hall–Kier alpha value is -0.960. The zero-order valence-electron chi connectivity index (χ0n) is 8.34. The summed E-state index contributed by atoms with van der Waals surface area (Å²) in [6, 6.07) is 5.84. The van der Waals surface area contributed by atoms with Gasteiger partial charge in [0.25, 0.3) is 0 Å². The average molecular weight is 257 g/mol. The molecule has 0 aliphatic rings. The van der Waals surface area contributed by atoms with Crippen LogP contribution in [-0.4, -0.2) is 14.2 Å². The molecule has 0 saturated carbocycles. The summed E-state index contributed by atoms with van der Waals surface area (Å²) in [5.41, 5.74) is 1.14. The Morgan fingerprint density at radius 1 is 1.29 bits per heavy atom. The molecule has 1 rings (SSSR count). The van der Waals surface area contributed by atoms with E-state index in [9.17, 15) is 0 Å². The van der Waals surface area contributed by atoms with E-state index in [-0.39, 0.29) is 0 Å². The predicted molar refractivity (Wildman–Crippen MR) is 61.3 cm³/mol. The van der Waals surface area contributed by atoms with Crippen molar-refractivity contribution in [1.29, 1.82) is 0 Å². The fourth-order valence-corrected chi connectivity index (χ4v) is 1.54. The second-order valence-electron chi connectivity index (χ2n) is 2.88. The van der Waals surface area contributed by atoms with E-state index < -0.39 is 0 Å². The molecule has 0 spiro atoms. The second kappa shape index (κ2) is 5.05. The maximum absolute atomic E-state index is 5.19. The van der Waals surface area contributed by atoms with Crippen molar-refractivity contribution >= 4 is 15.9 Å². The first-order valence-electron chi connectivity index (χ1n) is 4.21. The lowest BCUT2D eigenvalue weighted by Gasteiger charge is -2.08. The van der Waals surface area contributed by atoms with Crippen LogP contribution in [-0.2, 0) is 6.42 Å². The number of benzene rings is 1. The summed E-state index contributed by atoms with van der Waals surface area (Å²) in [7, 11) is 3.26. The lowest BCUT2D eigenvalue weighted by molar-refractivity contribution is 0.354. The fourth-order valence-electron chi connectivity index (χ4n) is 1.21. The van der Waals surface area contributed by atoms with Crippen LogP contribution >= 0.6 is 15.9 Å². The van der Waals surface area contributed by atoms with E-state index in [1.807, 2.05) is 18.2 Å². The van der Waals surface area contributed by atoms with Gasteiger partial charge in [0, 0.05) is 6.42 Å². The van der Waals surface area contributed by atoms with E-state index in [4.69, 9.17) is 9.47 Å². The quantitative estimate of drug-likeness (QED) is 0.824. The Balaban J connectivity index is 2.95. The molecule has 0 saturated heterocycles. The van der Waals surface area contributed by atoms with Crippen molar-refractivity contribution in [1.82, 2.24) is 0 Å². The van der Waals surface area contributed by atoms with Gasteiger partial charge in [0.05, 0.1) is 14.2 Å². The molecule has 14 heavy (non-hydrogen) atoms. The molecule has 76 valence electrons. The van der Waals surface area contributed by atoms with Gasteiger partial charge in [-0.25, -0.2) is 0 Å². The molecule has 0 N–H and O–H groups in total. The molecule has 3 heteroatoms. The monoisotopic (exact) mass is 256 g/mol.